The van der Waals surface area contributed by atoms with E-state index in [9.17, 15) is 0 Å². The minimum absolute atomic E-state index is 0.528. The number of aromatic nitrogens is 4. The number of aryl methyl sites for hydroxylation is 1. The van der Waals surface area contributed by atoms with Gasteiger partial charge in [-0.3, -0.25) is 4.68 Å². The molecular weight excluding hydrogens is 256 g/mol. The fourth-order valence-electron chi connectivity index (χ4n) is 2.05. The van der Waals surface area contributed by atoms with Gasteiger partial charge in [0.05, 0.1) is 12.3 Å². The number of hydrogen-bond acceptors (Lipinski definition) is 5. The van der Waals surface area contributed by atoms with Crippen LogP contribution in [0.5, 0.6) is 0 Å². The van der Waals surface area contributed by atoms with Crippen LogP contribution in [0.1, 0.15) is 32.3 Å². The second-order valence-corrected chi connectivity index (χ2v) is 5.19. The van der Waals surface area contributed by atoms with Crippen molar-refractivity contribution in [2.75, 3.05) is 13.7 Å². The van der Waals surface area contributed by atoms with Crippen molar-refractivity contribution in [3.05, 3.63) is 17.6 Å². The van der Waals surface area contributed by atoms with Crippen LogP contribution in [0, 0.1) is 5.92 Å². The van der Waals surface area contributed by atoms with Crippen LogP contribution in [0.25, 0.3) is 11.6 Å². The van der Waals surface area contributed by atoms with Crippen molar-refractivity contribution in [2.24, 2.45) is 5.92 Å². The van der Waals surface area contributed by atoms with Crippen LogP contribution in [0.2, 0.25) is 0 Å². The molecular formula is C14H22N4O2. The molecule has 0 bridgehead atoms. The topological polar surface area (TPSA) is 66.0 Å². The molecule has 0 aromatic carbocycles. The molecule has 0 radical (unpaired) electrons. The third-order valence-corrected chi connectivity index (χ3v) is 2.96. The molecule has 0 saturated heterocycles. The van der Waals surface area contributed by atoms with Gasteiger partial charge in [0.1, 0.15) is 5.69 Å². The lowest BCUT2D eigenvalue weighted by molar-refractivity contribution is 0.199. The summed E-state index contributed by atoms with van der Waals surface area (Å²) in [4.78, 5) is 4.40. The van der Waals surface area contributed by atoms with Gasteiger partial charge in [0.2, 0.25) is 0 Å². The summed E-state index contributed by atoms with van der Waals surface area (Å²) in [7, 11) is 1.66. The SMILES string of the molecule is CCn1nc(CC(C)C)cc1-c1nc(CCOC)no1. The zero-order chi connectivity index (χ0) is 14.5. The largest absolute Gasteiger partial charge is 0.384 e. The number of ether oxygens (including phenoxy) is 1. The first-order chi connectivity index (χ1) is 9.63. The molecule has 0 atom stereocenters. The Morgan fingerprint density at radius 1 is 1.40 bits per heavy atom. The normalized spacial score (nSPS) is 11.4. The lowest BCUT2D eigenvalue weighted by atomic mass is 10.1. The lowest BCUT2D eigenvalue weighted by Gasteiger charge is -2.00. The minimum atomic E-state index is 0.528. The summed E-state index contributed by atoms with van der Waals surface area (Å²) in [6.07, 6.45) is 1.60. The molecule has 20 heavy (non-hydrogen) atoms. The van der Waals surface area contributed by atoms with Crippen molar-refractivity contribution >= 4 is 0 Å². The van der Waals surface area contributed by atoms with Gasteiger partial charge in [0.25, 0.3) is 5.89 Å². The van der Waals surface area contributed by atoms with E-state index in [0.717, 1.165) is 24.4 Å². The van der Waals surface area contributed by atoms with Crippen LogP contribution in [-0.2, 0) is 24.1 Å². The second kappa shape index (κ2) is 6.65. The molecule has 2 rings (SSSR count). The van der Waals surface area contributed by atoms with E-state index in [0.29, 0.717) is 30.7 Å². The molecule has 0 fully saturated rings. The van der Waals surface area contributed by atoms with Crippen LogP contribution in [0.4, 0.5) is 0 Å². The molecule has 0 unspecified atom stereocenters. The molecule has 0 amide bonds. The summed E-state index contributed by atoms with van der Waals surface area (Å²) in [6.45, 7) is 7.78. The fraction of sp³-hybridized carbons (Fsp3) is 0.643. The summed E-state index contributed by atoms with van der Waals surface area (Å²) in [6, 6.07) is 2.04. The average molecular weight is 278 g/mol. The van der Waals surface area contributed by atoms with E-state index in [2.05, 4.69) is 36.0 Å². The van der Waals surface area contributed by atoms with Crippen molar-refractivity contribution < 1.29 is 9.26 Å². The highest BCUT2D eigenvalue weighted by atomic mass is 16.5. The summed E-state index contributed by atoms with van der Waals surface area (Å²) in [5.41, 5.74) is 1.95. The van der Waals surface area contributed by atoms with Gasteiger partial charge in [-0.25, -0.2) is 0 Å². The van der Waals surface area contributed by atoms with E-state index in [4.69, 9.17) is 9.26 Å². The van der Waals surface area contributed by atoms with Crippen LogP contribution < -0.4 is 0 Å². The van der Waals surface area contributed by atoms with E-state index in [1.165, 1.54) is 0 Å². The molecule has 0 aliphatic heterocycles. The van der Waals surface area contributed by atoms with Crippen LogP contribution >= 0.6 is 0 Å². The van der Waals surface area contributed by atoms with Gasteiger partial charge in [-0.15, -0.1) is 0 Å². The van der Waals surface area contributed by atoms with Gasteiger partial charge < -0.3 is 9.26 Å². The number of methoxy groups -OCH3 is 1. The Hall–Kier alpha value is -1.69. The summed E-state index contributed by atoms with van der Waals surface area (Å²) in [5.74, 6) is 1.76. The zero-order valence-electron chi connectivity index (χ0n) is 12.6. The van der Waals surface area contributed by atoms with Gasteiger partial charge >= 0.3 is 0 Å². The standard InChI is InChI=1S/C14H22N4O2/c1-5-18-12(9-11(16-18)8-10(2)3)14-15-13(17-20-14)6-7-19-4/h9-10H,5-8H2,1-4H3. The summed E-state index contributed by atoms with van der Waals surface area (Å²) < 4.78 is 12.3. The van der Waals surface area contributed by atoms with E-state index in [1.807, 2.05) is 10.7 Å². The van der Waals surface area contributed by atoms with Crippen LogP contribution in [0.3, 0.4) is 0 Å². The van der Waals surface area contributed by atoms with E-state index >= 15 is 0 Å². The third-order valence-electron chi connectivity index (χ3n) is 2.96. The fourth-order valence-corrected chi connectivity index (χ4v) is 2.05. The van der Waals surface area contributed by atoms with Gasteiger partial charge in [-0.2, -0.15) is 10.1 Å². The van der Waals surface area contributed by atoms with Crippen molar-refractivity contribution in [1.82, 2.24) is 19.9 Å². The first kappa shape index (κ1) is 14.7. The zero-order valence-corrected chi connectivity index (χ0v) is 12.6. The van der Waals surface area contributed by atoms with Gasteiger partial charge in [0, 0.05) is 20.1 Å². The first-order valence-electron chi connectivity index (χ1n) is 7.02. The first-order valence-corrected chi connectivity index (χ1v) is 7.02. The predicted molar refractivity (Wildman–Crippen MR) is 75.3 cm³/mol. The maximum atomic E-state index is 5.33. The van der Waals surface area contributed by atoms with Crippen LogP contribution in [-0.4, -0.2) is 33.6 Å². The van der Waals surface area contributed by atoms with Crippen molar-refractivity contribution in [3.63, 3.8) is 0 Å². The number of nitrogens with zero attached hydrogens (tertiary/aromatic N) is 4. The Morgan fingerprint density at radius 3 is 2.85 bits per heavy atom. The quantitative estimate of drug-likeness (QED) is 0.777. The summed E-state index contributed by atoms with van der Waals surface area (Å²) in [5, 5.41) is 8.55. The summed E-state index contributed by atoms with van der Waals surface area (Å²) >= 11 is 0. The Bertz CT molecular complexity index is 545. The Labute approximate surface area is 119 Å². The Kier molecular flexibility index (Phi) is 4.89. The van der Waals surface area contributed by atoms with Crippen molar-refractivity contribution in [3.8, 4) is 11.6 Å². The third kappa shape index (κ3) is 3.45. The highest BCUT2D eigenvalue weighted by Gasteiger charge is 2.16. The molecule has 6 nitrogen and oxygen atoms in total. The molecule has 0 aliphatic carbocycles. The van der Waals surface area contributed by atoms with E-state index < -0.39 is 0 Å². The van der Waals surface area contributed by atoms with Crippen LogP contribution in [0.15, 0.2) is 10.6 Å². The molecule has 6 heteroatoms. The van der Waals surface area contributed by atoms with Gasteiger partial charge in [-0.05, 0) is 25.3 Å². The number of hydrogen-bond donors (Lipinski definition) is 0. The number of rotatable bonds is 7. The molecule has 0 aliphatic rings. The predicted octanol–water partition coefficient (Wildman–Crippen LogP) is 2.34. The highest BCUT2D eigenvalue weighted by Crippen LogP contribution is 2.20. The van der Waals surface area contributed by atoms with E-state index in [1.54, 1.807) is 7.11 Å². The van der Waals surface area contributed by atoms with Crippen molar-refractivity contribution in [2.45, 2.75) is 40.2 Å². The molecule has 2 heterocycles. The maximum absolute atomic E-state index is 5.33. The molecule has 110 valence electrons. The van der Waals surface area contributed by atoms with Gasteiger partial charge in [-0.1, -0.05) is 19.0 Å². The molecule has 0 saturated carbocycles. The Balaban J connectivity index is 2.22. The second-order valence-electron chi connectivity index (χ2n) is 5.19. The average Bonchev–Trinajstić information content (AvgIpc) is 3.01. The maximum Gasteiger partial charge on any atom is 0.276 e. The monoisotopic (exact) mass is 278 g/mol. The molecule has 0 spiro atoms. The van der Waals surface area contributed by atoms with Crippen molar-refractivity contribution in [1.29, 1.82) is 0 Å². The molecule has 2 aromatic heterocycles. The minimum Gasteiger partial charge on any atom is -0.384 e. The molecule has 2 aromatic rings. The Morgan fingerprint density at radius 2 is 2.20 bits per heavy atom. The lowest BCUT2D eigenvalue weighted by Crippen LogP contribution is -2.01. The van der Waals surface area contributed by atoms with E-state index in [-0.39, 0.29) is 0 Å². The van der Waals surface area contributed by atoms with Gasteiger partial charge in [0.15, 0.2) is 5.82 Å². The molecule has 0 N–H and O–H groups in total. The smallest absolute Gasteiger partial charge is 0.276 e. The highest BCUT2D eigenvalue weighted by molar-refractivity contribution is 5.48.